The topological polar surface area (TPSA) is 83.8 Å². The van der Waals surface area contributed by atoms with Crippen molar-refractivity contribution in [3.8, 4) is 0 Å². The summed E-state index contributed by atoms with van der Waals surface area (Å²) in [4.78, 5) is 25.9. The smallest absolute Gasteiger partial charge is 0.411 e. The minimum atomic E-state index is -0.577. The molecule has 0 aliphatic rings. The molecule has 0 saturated heterocycles. The fourth-order valence-electron chi connectivity index (χ4n) is 2.64. The monoisotopic (exact) mass is 379 g/mol. The maximum absolute atomic E-state index is 12.9. The van der Waals surface area contributed by atoms with Crippen LogP contribution in [0.1, 0.15) is 11.3 Å². The van der Waals surface area contributed by atoms with Crippen molar-refractivity contribution in [3.05, 3.63) is 84.3 Å². The van der Waals surface area contributed by atoms with E-state index in [2.05, 4.69) is 15.4 Å². The summed E-state index contributed by atoms with van der Waals surface area (Å²) in [5.74, 6) is 0.687. The molecule has 0 atom stereocenters. The molecule has 28 heavy (non-hydrogen) atoms. The minimum Gasteiger partial charge on any atom is -0.467 e. The van der Waals surface area contributed by atoms with Crippen molar-refractivity contribution in [1.29, 1.82) is 0 Å². The van der Waals surface area contributed by atoms with E-state index in [-0.39, 0.29) is 6.03 Å². The molecule has 2 N–H and O–H groups in total. The van der Waals surface area contributed by atoms with Gasteiger partial charge in [0.25, 0.3) is 0 Å². The quantitative estimate of drug-likeness (QED) is 0.651. The number of carbonyl (C=O) groups is 2. The molecule has 3 aromatic rings. The number of benzene rings is 2. The molecule has 7 nitrogen and oxygen atoms in total. The van der Waals surface area contributed by atoms with Crippen LogP contribution in [0.3, 0.4) is 0 Å². The highest BCUT2D eigenvalue weighted by molar-refractivity contribution is 5.91. The van der Waals surface area contributed by atoms with Gasteiger partial charge in [0.1, 0.15) is 5.76 Å². The molecular formula is C21H21N3O4. The van der Waals surface area contributed by atoms with Crippen LogP contribution in [0.4, 0.5) is 21.0 Å². The molecular weight excluding hydrogens is 358 g/mol. The normalized spacial score (nSPS) is 10.2. The average Bonchev–Trinajstić information content (AvgIpc) is 3.21. The van der Waals surface area contributed by atoms with Crippen molar-refractivity contribution >= 4 is 23.5 Å². The van der Waals surface area contributed by atoms with Crippen LogP contribution >= 0.6 is 0 Å². The first-order valence-corrected chi connectivity index (χ1v) is 8.71. The molecule has 1 aromatic heterocycles. The number of furan rings is 1. The van der Waals surface area contributed by atoms with E-state index >= 15 is 0 Å². The fraction of sp³-hybridized carbons (Fsp3) is 0.143. The van der Waals surface area contributed by atoms with E-state index in [1.165, 1.54) is 7.11 Å². The highest BCUT2D eigenvalue weighted by atomic mass is 16.5. The highest BCUT2D eigenvalue weighted by Gasteiger charge is 2.16. The van der Waals surface area contributed by atoms with Crippen LogP contribution in [0.5, 0.6) is 0 Å². The highest BCUT2D eigenvalue weighted by Crippen LogP contribution is 2.18. The Morgan fingerprint density at radius 1 is 0.929 bits per heavy atom. The molecule has 1 heterocycles. The summed E-state index contributed by atoms with van der Waals surface area (Å²) in [5, 5.41) is 5.43. The van der Waals surface area contributed by atoms with Gasteiger partial charge in [0.2, 0.25) is 0 Å². The van der Waals surface area contributed by atoms with Crippen LogP contribution in [-0.4, -0.2) is 24.1 Å². The molecule has 0 saturated carbocycles. The lowest BCUT2D eigenvalue weighted by molar-refractivity contribution is 0.187. The van der Waals surface area contributed by atoms with Crippen molar-refractivity contribution in [2.45, 2.75) is 13.1 Å². The van der Waals surface area contributed by atoms with E-state index in [0.717, 1.165) is 5.56 Å². The summed E-state index contributed by atoms with van der Waals surface area (Å²) in [5.41, 5.74) is 2.08. The Balaban J connectivity index is 1.73. The third-order valence-corrected chi connectivity index (χ3v) is 3.98. The van der Waals surface area contributed by atoms with Gasteiger partial charge in [0.05, 0.1) is 19.9 Å². The lowest BCUT2D eigenvalue weighted by Crippen LogP contribution is -2.34. The van der Waals surface area contributed by atoms with E-state index in [9.17, 15) is 9.59 Å². The second-order valence-corrected chi connectivity index (χ2v) is 6.05. The fourth-order valence-corrected chi connectivity index (χ4v) is 2.64. The first-order chi connectivity index (χ1) is 13.6. The average molecular weight is 379 g/mol. The Kier molecular flexibility index (Phi) is 6.30. The Morgan fingerprint density at radius 3 is 2.36 bits per heavy atom. The van der Waals surface area contributed by atoms with Crippen LogP contribution in [0, 0.1) is 0 Å². The molecule has 0 aliphatic carbocycles. The molecule has 3 rings (SSSR count). The number of ether oxygens (including phenoxy) is 1. The number of hydrogen-bond acceptors (Lipinski definition) is 4. The standard InChI is InChI=1S/C21H21N3O4/c1-27-21(26)23-18-10-5-9-17(13-18)22-20(25)24(15-19-11-6-12-28-19)14-16-7-3-2-4-8-16/h2-13H,14-15H2,1H3,(H,22,25)(H,23,26). The van der Waals surface area contributed by atoms with Gasteiger partial charge in [-0.2, -0.15) is 0 Å². The molecule has 0 unspecified atom stereocenters. The summed E-state index contributed by atoms with van der Waals surface area (Å²) >= 11 is 0. The summed E-state index contributed by atoms with van der Waals surface area (Å²) < 4.78 is 9.98. The molecule has 0 fully saturated rings. The number of nitrogens with zero attached hydrogens (tertiary/aromatic N) is 1. The molecule has 2 aromatic carbocycles. The first-order valence-electron chi connectivity index (χ1n) is 8.71. The number of amides is 3. The van der Waals surface area contributed by atoms with E-state index in [0.29, 0.717) is 30.2 Å². The van der Waals surface area contributed by atoms with Crippen molar-refractivity contribution in [3.63, 3.8) is 0 Å². The van der Waals surface area contributed by atoms with Gasteiger partial charge in [0.15, 0.2) is 0 Å². The number of carbonyl (C=O) groups excluding carboxylic acids is 2. The van der Waals surface area contributed by atoms with Gasteiger partial charge < -0.3 is 19.4 Å². The van der Waals surface area contributed by atoms with Gasteiger partial charge in [-0.1, -0.05) is 36.4 Å². The number of hydrogen-bond donors (Lipinski definition) is 2. The second kappa shape index (κ2) is 9.27. The van der Waals surface area contributed by atoms with Crippen molar-refractivity contribution in [1.82, 2.24) is 4.90 Å². The molecule has 0 radical (unpaired) electrons. The molecule has 144 valence electrons. The van der Waals surface area contributed by atoms with E-state index in [1.54, 1.807) is 41.5 Å². The van der Waals surface area contributed by atoms with Crippen LogP contribution < -0.4 is 10.6 Å². The van der Waals surface area contributed by atoms with Gasteiger partial charge in [-0.3, -0.25) is 5.32 Å². The third-order valence-electron chi connectivity index (χ3n) is 3.98. The van der Waals surface area contributed by atoms with Gasteiger partial charge in [-0.25, -0.2) is 9.59 Å². The minimum absolute atomic E-state index is 0.282. The van der Waals surface area contributed by atoms with Crippen molar-refractivity contribution in [2.75, 3.05) is 17.7 Å². The zero-order valence-corrected chi connectivity index (χ0v) is 15.4. The molecule has 0 aliphatic heterocycles. The van der Waals surface area contributed by atoms with Gasteiger partial charge in [0, 0.05) is 17.9 Å². The van der Waals surface area contributed by atoms with Crippen LogP contribution in [0.2, 0.25) is 0 Å². The molecule has 3 amide bonds. The molecule has 0 bridgehead atoms. The number of methoxy groups -OCH3 is 1. The summed E-state index contributed by atoms with van der Waals surface area (Å²) in [7, 11) is 1.29. The Hall–Kier alpha value is -3.74. The first kappa shape index (κ1) is 19.0. The van der Waals surface area contributed by atoms with Crippen LogP contribution in [0.25, 0.3) is 0 Å². The SMILES string of the molecule is COC(=O)Nc1cccc(NC(=O)N(Cc2ccccc2)Cc2ccco2)c1. The maximum atomic E-state index is 12.9. The van der Waals surface area contributed by atoms with Gasteiger partial charge in [-0.15, -0.1) is 0 Å². The zero-order chi connectivity index (χ0) is 19.8. The summed E-state index contributed by atoms with van der Waals surface area (Å²) in [6.07, 6.45) is 1.00. The number of nitrogens with one attached hydrogen (secondary N) is 2. The van der Waals surface area contributed by atoms with Crippen LogP contribution in [0.15, 0.2) is 77.4 Å². The lowest BCUT2D eigenvalue weighted by Gasteiger charge is -2.22. The third kappa shape index (κ3) is 5.38. The van der Waals surface area contributed by atoms with Gasteiger partial charge in [-0.05, 0) is 35.9 Å². The summed E-state index contributed by atoms with van der Waals surface area (Å²) in [6, 6.07) is 19.9. The maximum Gasteiger partial charge on any atom is 0.411 e. The van der Waals surface area contributed by atoms with E-state index < -0.39 is 6.09 Å². The number of rotatable bonds is 6. The largest absolute Gasteiger partial charge is 0.467 e. The van der Waals surface area contributed by atoms with Gasteiger partial charge >= 0.3 is 12.1 Å². The van der Waals surface area contributed by atoms with E-state index in [4.69, 9.17) is 4.42 Å². The molecule has 7 heteroatoms. The van der Waals surface area contributed by atoms with Crippen molar-refractivity contribution in [2.24, 2.45) is 0 Å². The predicted octanol–water partition coefficient (Wildman–Crippen LogP) is 4.69. The molecule has 0 spiro atoms. The zero-order valence-electron chi connectivity index (χ0n) is 15.4. The number of anilines is 2. The van der Waals surface area contributed by atoms with Crippen molar-refractivity contribution < 1.29 is 18.7 Å². The lowest BCUT2D eigenvalue weighted by atomic mass is 10.2. The Labute approximate surface area is 162 Å². The number of urea groups is 1. The second-order valence-electron chi connectivity index (χ2n) is 6.05. The summed E-state index contributed by atoms with van der Waals surface area (Å²) in [6.45, 7) is 0.751. The Bertz CT molecular complexity index is 910. The Morgan fingerprint density at radius 2 is 1.68 bits per heavy atom. The van der Waals surface area contributed by atoms with E-state index in [1.807, 2.05) is 36.4 Å². The van der Waals surface area contributed by atoms with Crippen LogP contribution in [-0.2, 0) is 17.8 Å². The predicted molar refractivity (Wildman–Crippen MR) is 106 cm³/mol.